The Morgan fingerprint density at radius 3 is 2.74 bits per heavy atom. The molecule has 0 unspecified atom stereocenters. The second-order valence-electron chi connectivity index (χ2n) is 5.31. The zero-order valence-electron chi connectivity index (χ0n) is 12.5. The summed E-state index contributed by atoms with van der Waals surface area (Å²) in [6, 6.07) is 11.6. The molecule has 0 aliphatic rings. The number of hydrogen-bond acceptors (Lipinski definition) is 3. The van der Waals surface area contributed by atoms with E-state index >= 15 is 0 Å². The highest BCUT2D eigenvalue weighted by molar-refractivity contribution is 5.86. The summed E-state index contributed by atoms with van der Waals surface area (Å²) in [5.41, 5.74) is 1.87. The van der Waals surface area contributed by atoms with Gasteiger partial charge in [0.2, 0.25) is 0 Å². The van der Waals surface area contributed by atoms with E-state index in [1.807, 2.05) is 12.1 Å². The van der Waals surface area contributed by atoms with E-state index in [-0.39, 0.29) is 6.42 Å². The second kappa shape index (κ2) is 6.12. The van der Waals surface area contributed by atoms with Gasteiger partial charge in [-0.2, -0.15) is 0 Å². The summed E-state index contributed by atoms with van der Waals surface area (Å²) in [4.78, 5) is 14.3. The van der Waals surface area contributed by atoms with Crippen molar-refractivity contribution >= 4 is 16.9 Å². The molecule has 0 spiro atoms. The normalized spacial score (nSPS) is 12.3. The number of fused-ring (bicyclic) bond motifs is 1. The van der Waals surface area contributed by atoms with Crippen molar-refractivity contribution in [3.63, 3.8) is 0 Å². The summed E-state index contributed by atoms with van der Waals surface area (Å²) in [6.07, 6.45) is 1.41. The largest absolute Gasteiger partial charge is 0.550 e. The van der Waals surface area contributed by atoms with Crippen LogP contribution in [0.15, 0.2) is 48.7 Å². The Hall–Kier alpha value is -2.82. The minimum atomic E-state index is -1.23. The summed E-state index contributed by atoms with van der Waals surface area (Å²) in [7, 11) is 1.56. The first kappa shape index (κ1) is 15.1. The molecule has 1 heterocycles. The molecule has 3 aromatic rings. The Balaban J connectivity index is 2.17. The lowest BCUT2D eigenvalue weighted by molar-refractivity contribution is -0.305. The number of benzene rings is 2. The Labute approximate surface area is 132 Å². The number of halogens is 1. The van der Waals surface area contributed by atoms with Crippen LogP contribution >= 0.6 is 0 Å². The number of methoxy groups -OCH3 is 1. The van der Waals surface area contributed by atoms with E-state index in [1.54, 1.807) is 37.6 Å². The van der Waals surface area contributed by atoms with E-state index in [9.17, 15) is 14.3 Å². The van der Waals surface area contributed by atoms with Crippen molar-refractivity contribution in [3.05, 3.63) is 65.6 Å². The average molecular weight is 312 g/mol. The summed E-state index contributed by atoms with van der Waals surface area (Å²) in [5, 5.41) is 12.0. The number of H-pyrrole nitrogens is 1. The minimum Gasteiger partial charge on any atom is -0.550 e. The van der Waals surface area contributed by atoms with E-state index in [2.05, 4.69) is 4.98 Å². The van der Waals surface area contributed by atoms with Crippen molar-refractivity contribution < 1.29 is 19.0 Å². The third-order valence-corrected chi connectivity index (χ3v) is 3.95. The van der Waals surface area contributed by atoms with Crippen LogP contribution in [0.1, 0.15) is 23.5 Å². The van der Waals surface area contributed by atoms with Gasteiger partial charge in [0.25, 0.3) is 0 Å². The highest BCUT2D eigenvalue weighted by Gasteiger charge is 2.21. The van der Waals surface area contributed by atoms with Crippen molar-refractivity contribution in [1.82, 2.24) is 4.98 Å². The van der Waals surface area contributed by atoms with Gasteiger partial charge in [0.05, 0.1) is 7.11 Å². The number of carbonyl (C=O) groups excluding carboxylic acids is 1. The third-order valence-electron chi connectivity index (χ3n) is 3.95. The molecule has 0 fully saturated rings. The third kappa shape index (κ3) is 2.90. The smallest absolute Gasteiger partial charge is 0.127 e. The molecule has 0 saturated heterocycles. The number of aliphatic carboxylic acids is 1. The SMILES string of the molecule is COc1ccc2[nH]cc([C@@H](CC(=O)[O-])c3ccccc3F)c2c1. The summed E-state index contributed by atoms with van der Waals surface area (Å²) >= 11 is 0. The first-order valence-corrected chi connectivity index (χ1v) is 7.19. The maximum atomic E-state index is 14.2. The highest BCUT2D eigenvalue weighted by atomic mass is 19.1. The lowest BCUT2D eigenvalue weighted by Gasteiger charge is -2.18. The van der Waals surface area contributed by atoms with Gasteiger partial charge < -0.3 is 19.6 Å². The standard InChI is InChI=1S/C18H16FNO3/c1-23-11-6-7-17-14(8-11)15(10-20-17)13(9-18(21)22)12-4-2-3-5-16(12)19/h2-8,10,13,20H,9H2,1H3,(H,21,22)/p-1/t13-/m0/s1. The van der Waals surface area contributed by atoms with E-state index in [4.69, 9.17) is 4.74 Å². The topological polar surface area (TPSA) is 65.2 Å². The van der Waals surface area contributed by atoms with Crippen molar-refractivity contribution in [1.29, 1.82) is 0 Å². The quantitative estimate of drug-likeness (QED) is 0.787. The van der Waals surface area contributed by atoms with Crippen LogP contribution in [0.4, 0.5) is 4.39 Å². The van der Waals surface area contributed by atoms with Gasteiger partial charge in [0.1, 0.15) is 11.6 Å². The molecule has 5 heteroatoms. The van der Waals surface area contributed by atoms with E-state index < -0.39 is 17.7 Å². The molecule has 0 bridgehead atoms. The first-order chi connectivity index (χ1) is 11.1. The van der Waals surface area contributed by atoms with Crippen LogP contribution in [0.3, 0.4) is 0 Å². The number of carboxylic acids is 1. The van der Waals surface area contributed by atoms with E-state index in [0.29, 0.717) is 16.9 Å². The van der Waals surface area contributed by atoms with Crippen LogP contribution in [0.5, 0.6) is 5.75 Å². The molecule has 3 rings (SSSR count). The van der Waals surface area contributed by atoms with Gasteiger partial charge in [-0.05, 0) is 41.8 Å². The highest BCUT2D eigenvalue weighted by Crippen LogP contribution is 2.35. The Kier molecular flexibility index (Phi) is 4.02. The molecule has 23 heavy (non-hydrogen) atoms. The molecule has 0 aliphatic carbocycles. The van der Waals surface area contributed by atoms with Crippen molar-refractivity contribution in [2.45, 2.75) is 12.3 Å². The maximum absolute atomic E-state index is 14.2. The number of carboxylic acid groups (broad SMARTS) is 1. The van der Waals surface area contributed by atoms with Gasteiger partial charge in [-0.1, -0.05) is 18.2 Å². The van der Waals surface area contributed by atoms with Gasteiger partial charge in [-0.25, -0.2) is 4.39 Å². The van der Waals surface area contributed by atoms with Gasteiger partial charge in [-0.3, -0.25) is 0 Å². The zero-order valence-corrected chi connectivity index (χ0v) is 12.5. The molecule has 1 N–H and O–H groups in total. The first-order valence-electron chi connectivity index (χ1n) is 7.19. The summed E-state index contributed by atoms with van der Waals surface area (Å²) < 4.78 is 19.4. The fraction of sp³-hybridized carbons (Fsp3) is 0.167. The van der Waals surface area contributed by atoms with Gasteiger partial charge in [0, 0.05) is 29.0 Å². The van der Waals surface area contributed by atoms with Crippen molar-refractivity contribution in [2.24, 2.45) is 0 Å². The molecule has 0 saturated carbocycles. The van der Waals surface area contributed by atoms with Crippen LogP contribution in [-0.2, 0) is 4.79 Å². The van der Waals surface area contributed by atoms with E-state index in [0.717, 1.165) is 10.9 Å². The average Bonchev–Trinajstić information content (AvgIpc) is 2.96. The molecular weight excluding hydrogens is 297 g/mol. The predicted octanol–water partition coefficient (Wildman–Crippen LogP) is 2.59. The molecule has 4 nitrogen and oxygen atoms in total. The second-order valence-corrected chi connectivity index (χ2v) is 5.31. The zero-order chi connectivity index (χ0) is 16.4. The van der Waals surface area contributed by atoms with Crippen LogP contribution in [0, 0.1) is 5.82 Å². The van der Waals surface area contributed by atoms with Crippen LogP contribution in [0.2, 0.25) is 0 Å². The van der Waals surface area contributed by atoms with Gasteiger partial charge >= 0.3 is 0 Å². The van der Waals surface area contributed by atoms with Crippen molar-refractivity contribution in [3.8, 4) is 5.75 Å². The number of ether oxygens (including phenoxy) is 1. The number of nitrogens with one attached hydrogen (secondary N) is 1. The Morgan fingerprint density at radius 2 is 2.04 bits per heavy atom. The molecule has 0 radical (unpaired) electrons. The lowest BCUT2D eigenvalue weighted by atomic mass is 9.88. The van der Waals surface area contributed by atoms with Gasteiger partial charge in [0.15, 0.2) is 0 Å². The molecule has 1 aromatic heterocycles. The molecule has 0 amide bonds. The maximum Gasteiger partial charge on any atom is 0.127 e. The van der Waals surface area contributed by atoms with Crippen LogP contribution in [-0.4, -0.2) is 18.1 Å². The fourth-order valence-electron chi connectivity index (χ4n) is 2.85. The number of rotatable bonds is 5. The predicted molar refractivity (Wildman–Crippen MR) is 82.7 cm³/mol. The molecule has 0 aliphatic heterocycles. The monoisotopic (exact) mass is 312 g/mol. The molecule has 118 valence electrons. The van der Waals surface area contributed by atoms with Crippen LogP contribution in [0.25, 0.3) is 10.9 Å². The Bertz CT molecular complexity index is 856. The van der Waals surface area contributed by atoms with Crippen LogP contribution < -0.4 is 9.84 Å². The Morgan fingerprint density at radius 1 is 1.26 bits per heavy atom. The van der Waals surface area contributed by atoms with Crippen molar-refractivity contribution in [2.75, 3.05) is 7.11 Å². The van der Waals surface area contributed by atoms with Gasteiger partial charge in [-0.15, -0.1) is 0 Å². The summed E-state index contributed by atoms with van der Waals surface area (Å²) in [6.45, 7) is 0. The number of carbonyl (C=O) groups is 1. The lowest BCUT2D eigenvalue weighted by Crippen LogP contribution is -2.25. The number of aromatic nitrogens is 1. The minimum absolute atomic E-state index is 0.300. The molecular formula is C18H15FNO3-. The van der Waals surface area contributed by atoms with E-state index in [1.165, 1.54) is 6.07 Å². The summed E-state index contributed by atoms with van der Waals surface area (Å²) in [5.74, 6) is -1.65. The number of aromatic amines is 1. The molecule has 1 atom stereocenters. The molecule has 2 aromatic carbocycles. The fourth-order valence-corrected chi connectivity index (χ4v) is 2.85. The number of hydrogen-bond donors (Lipinski definition) is 1.